The Balaban J connectivity index is 1.79. The maximum atomic E-state index is 12.7. The first kappa shape index (κ1) is 23.2. The van der Waals surface area contributed by atoms with Crippen LogP contribution in [0.1, 0.15) is 12.5 Å². The van der Waals surface area contributed by atoms with E-state index in [-0.39, 0.29) is 24.5 Å². The lowest BCUT2D eigenvalue weighted by atomic mass is 10.1. The van der Waals surface area contributed by atoms with Crippen molar-refractivity contribution in [2.45, 2.75) is 13.5 Å². The third kappa shape index (κ3) is 4.69. The molecule has 3 aromatic rings. The largest absolute Gasteiger partial charge is 0.506 e. The molecule has 0 aliphatic carbocycles. The number of hydrogen-bond donors (Lipinski definition) is 2. The fraction of sp³-hybridized carbons (Fsp3) is 0.160. The number of primary amides is 1. The highest BCUT2D eigenvalue weighted by Gasteiger charge is 2.33. The number of methoxy groups -OCH3 is 1. The number of amides is 1. The van der Waals surface area contributed by atoms with Crippen LogP contribution in [0.15, 0.2) is 76.0 Å². The predicted molar refractivity (Wildman–Crippen MR) is 133 cm³/mol. The molecule has 4 rings (SSSR count). The van der Waals surface area contributed by atoms with Crippen LogP contribution < -0.4 is 10.5 Å². The van der Waals surface area contributed by atoms with Crippen LogP contribution in [-0.4, -0.2) is 40.3 Å². The lowest BCUT2D eigenvalue weighted by Gasteiger charge is -2.04. The van der Waals surface area contributed by atoms with Crippen LogP contribution in [0, 0.1) is 0 Å². The van der Waals surface area contributed by atoms with Crippen molar-refractivity contribution in [1.82, 2.24) is 4.57 Å². The average Bonchev–Trinajstić information content (AvgIpc) is 3.31. The molecule has 0 spiro atoms. The molecular formula is C25H23N3O5S. The predicted octanol–water partition coefficient (Wildman–Crippen LogP) is 4.33. The number of benzene rings is 2. The number of nitrogens with two attached hydrogens (primary N) is 1. The second-order valence-electron chi connectivity index (χ2n) is 7.37. The van der Waals surface area contributed by atoms with E-state index in [9.17, 15) is 14.7 Å². The second kappa shape index (κ2) is 9.88. The highest BCUT2D eigenvalue weighted by molar-refractivity contribution is 8.18. The summed E-state index contributed by atoms with van der Waals surface area (Å²) < 4.78 is 12.1. The van der Waals surface area contributed by atoms with Gasteiger partial charge in [-0.05, 0) is 43.3 Å². The number of fused-ring (bicyclic) bond motifs is 1. The Hall–Kier alpha value is -3.98. The monoisotopic (exact) mass is 477 g/mol. The molecule has 2 heterocycles. The van der Waals surface area contributed by atoms with Crippen LogP contribution in [0.5, 0.6) is 5.75 Å². The number of hydrogen-bond acceptors (Lipinski definition) is 7. The van der Waals surface area contributed by atoms with Crippen LogP contribution in [0.3, 0.4) is 0 Å². The van der Waals surface area contributed by atoms with Crippen LogP contribution in [0.2, 0.25) is 0 Å². The van der Waals surface area contributed by atoms with Gasteiger partial charge in [-0.3, -0.25) is 4.79 Å². The third-order valence-corrected chi connectivity index (χ3v) is 6.13. The SMILES string of the molecule is CCOC(=O)C1=C(O)/C(=C/c2cn(CC(N)=O)c3ccccc23)SC1=Nc1ccc(OC)cc1. The zero-order chi connectivity index (χ0) is 24.2. The average molecular weight is 478 g/mol. The molecule has 1 aliphatic rings. The molecule has 0 atom stereocenters. The van der Waals surface area contributed by atoms with Crippen molar-refractivity contribution in [3.63, 3.8) is 0 Å². The Morgan fingerprint density at radius 1 is 1.18 bits per heavy atom. The Labute approximate surface area is 200 Å². The third-order valence-electron chi connectivity index (χ3n) is 5.11. The van der Waals surface area contributed by atoms with Gasteiger partial charge in [0.05, 0.1) is 24.3 Å². The fourth-order valence-electron chi connectivity index (χ4n) is 3.60. The fourth-order valence-corrected chi connectivity index (χ4v) is 4.62. The zero-order valence-corrected chi connectivity index (χ0v) is 19.5. The summed E-state index contributed by atoms with van der Waals surface area (Å²) in [6.45, 7) is 1.88. The second-order valence-corrected chi connectivity index (χ2v) is 8.40. The Morgan fingerprint density at radius 2 is 1.91 bits per heavy atom. The summed E-state index contributed by atoms with van der Waals surface area (Å²) in [5.41, 5.74) is 7.60. The van der Waals surface area contributed by atoms with Gasteiger partial charge in [0.15, 0.2) is 0 Å². The van der Waals surface area contributed by atoms with Gasteiger partial charge in [-0.2, -0.15) is 0 Å². The molecule has 0 bridgehead atoms. The first-order valence-corrected chi connectivity index (χ1v) is 11.3. The normalized spacial score (nSPS) is 15.9. The molecule has 34 heavy (non-hydrogen) atoms. The van der Waals surface area contributed by atoms with Gasteiger partial charge in [0.2, 0.25) is 5.91 Å². The number of aliphatic hydroxyl groups excluding tert-OH is 1. The molecule has 9 heteroatoms. The van der Waals surface area contributed by atoms with E-state index in [0.29, 0.717) is 21.4 Å². The number of thioether (sulfide) groups is 1. The van der Waals surface area contributed by atoms with Crippen LogP contribution >= 0.6 is 11.8 Å². The Morgan fingerprint density at radius 3 is 2.59 bits per heavy atom. The summed E-state index contributed by atoms with van der Waals surface area (Å²) in [7, 11) is 1.57. The minimum Gasteiger partial charge on any atom is -0.506 e. The molecule has 0 fully saturated rings. The minimum absolute atomic E-state index is 0.00907. The summed E-state index contributed by atoms with van der Waals surface area (Å²) in [5.74, 6) is -0.641. The molecule has 0 saturated carbocycles. The Kier molecular flexibility index (Phi) is 6.74. The van der Waals surface area contributed by atoms with Crippen molar-refractivity contribution >= 4 is 51.3 Å². The number of carbonyl (C=O) groups is 2. The zero-order valence-electron chi connectivity index (χ0n) is 18.6. The lowest BCUT2D eigenvalue weighted by molar-refractivity contribution is -0.138. The van der Waals surface area contributed by atoms with Gasteiger partial charge in [-0.15, -0.1) is 0 Å². The topological polar surface area (TPSA) is 116 Å². The number of para-hydroxylation sites is 1. The molecule has 0 radical (unpaired) electrons. The number of ether oxygens (including phenoxy) is 2. The van der Waals surface area contributed by atoms with E-state index >= 15 is 0 Å². The maximum absolute atomic E-state index is 12.7. The first-order chi connectivity index (χ1) is 16.4. The smallest absolute Gasteiger partial charge is 0.344 e. The summed E-state index contributed by atoms with van der Waals surface area (Å²) in [5, 5.41) is 12.2. The van der Waals surface area contributed by atoms with Gasteiger partial charge >= 0.3 is 5.97 Å². The van der Waals surface area contributed by atoms with Crippen molar-refractivity contribution in [2.75, 3.05) is 13.7 Å². The summed E-state index contributed by atoms with van der Waals surface area (Å²) in [6.07, 6.45) is 3.55. The first-order valence-electron chi connectivity index (χ1n) is 10.5. The maximum Gasteiger partial charge on any atom is 0.344 e. The van der Waals surface area contributed by atoms with E-state index in [1.165, 1.54) is 11.8 Å². The van der Waals surface area contributed by atoms with E-state index in [0.717, 1.165) is 16.5 Å². The molecule has 8 nitrogen and oxygen atoms in total. The quantitative estimate of drug-likeness (QED) is 0.490. The number of nitrogens with zero attached hydrogens (tertiary/aromatic N) is 2. The molecule has 2 aromatic carbocycles. The number of esters is 1. The minimum atomic E-state index is -0.653. The highest BCUT2D eigenvalue weighted by Crippen LogP contribution is 2.41. The van der Waals surface area contributed by atoms with Gasteiger partial charge in [-0.25, -0.2) is 9.79 Å². The number of aliphatic hydroxyl groups is 1. The van der Waals surface area contributed by atoms with Gasteiger partial charge in [0.25, 0.3) is 0 Å². The summed E-state index contributed by atoms with van der Waals surface area (Å²) >= 11 is 1.17. The van der Waals surface area contributed by atoms with Crippen molar-refractivity contribution in [3.05, 3.63) is 76.5 Å². The van der Waals surface area contributed by atoms with Gasteiger partial charge in [0, 0.05) is 22.7 Å². The van der Waals surface area contributed by atoms with Crippen molar-refractivity contribution in [1.29, 1.82) is 0 Å². The van der Waals surface area contributed by atoms with E-state index in [1.54, 1.807) is 55.1 Å². The number of rotatable bonds is 7. The highest BCUT2D eigenvalue weighted by atomic mass is 32.2. The molecule has 0 saturated heterocycles. The molecule has 1 aromatic heterocycles. The molecule has 1 amide bonds. The standard InChI is InChI=1S/C25H23N3O5S/c1-3-33-25(31)22-23(30)20(34-24(22)27-16-8-10-17(32-2)11-9-16)12-15-13-28(14-21(26)29)19-7-5-4-6-18(15)19/h4-13,30H,3,14H2,1-2H3,(H2,26,29)/b20-12-,27-24?. The Bertz CT molecular complexity index is 1350. The van der Waals surface area contributed by atoms with Crippen molar-refractivity contribution in [3.8, 4) is 5.75 Å². The van der Waals surface area contributed by atoms with Crippen molar-refractivity contribution in [2.24, 2.45) is 10.7 Å². The lowest BCUT2D eigenvalue weighted by Crippen LogP contribution is -2.17. The molecule has 1 aliphatic heterocycles. The van der Waals surface area contributed by atoms with Gasteiger partial charge in [0.1, 0.15) is 28.7 Å². The molecule has 174 valence electrons. The van der Waals surface area contributed by atoms with Gasteiger partial charge in [-0.1, -0.05) is 30.0 Å². The van der Waals surface area contributed by atoms with Crippen LogP contribution in [-0.2, 0) is 20.9 Å². The number of aliphatic imine (C=N–C) groups is 1. The van der Waals surface area contributed by atoms with Crippen LogP contribution in [0.25, 0.3) is 17.0 Å². The van der Waals surface area contributed by atoms with E-state index in [4.69, 9.17) is 15.2 Å². The number of carbonyl (C=O) groups excluding carboxylic acids is 2. The van der Waals surface area contributed by atoms with E-state index in [2.05, 4.69) is 4.99 Å². The van der Waals surface area contributed by atoms with E-state index < -0.39 is 11.9 Å². The summed E-state index contributed by atoms with van der Waals surface area (Å²) in [6, 6.07) is 14.6. The van der Waals surface area contributed by atoms with Crippen LogP contribution in [0.4, 0.5) is 5.69 Å². The summed E-state index contributed by atoms with van der Waals surface area (Å²) in [4.78, 5) is 29.2. The van der Waals surface area contributed by atoms with Gasteiger partial charge < -0.3 is 24.9 Å². The number of aromatic nitrogens is 1. The van der Waals surface area contributed by atoms with E-state index in [1.807, 2.05) is 24.3 Å². The molecule has 3 N–H and O–H groups in total. The molecular weight excluding hydrogens is 454 g/mol. The van der Waals surface area contributed by atoms with Crippen molar-refractivity contribution < 1.29 is 24.2 Å². The molecule has 0 unspecified atom stereocenters.